The van der Waals surface area contributed by atoms with E-state index < -0.39 is 11.8 Å². The van der Waals surface area contributed by atoms with E-state index >= 15 is 0 Å². The molecule has 0 spiro atoms. The number of hydrogen-bond acceptors (Lipinski definition) is 5. The van der Waals surface area contributed by atoms with Gasteiger partial charge in [0.25, 0.3) is 0 Å². The van der Waals surface area contributed by atoms with E-state index in [0.29, 0.717) is 37.7 Å². The fraction of sp³-hybridized carbons (Fsp3) is 0.462. The van der Waals surface area contributed by atoms with E-state index in [0.717, 1.165) is 6.42 Å². The summed E-state index contributed by atoms with van der Waals surface area (Å²) in [6.45, 7) is 4.04. The van der Waals surface area contributed by atoms with Crippen molar-refractivity contribution in [2.45, 2.75) is 19.9 Å². The van der Waals surface area contributed by atoms with Crippen molar-refractivity contribution >= 4 is 17.6 Å². The van der Waals surface area contributed by atoms with Crippen molar-refractivity contribution in [3.8, 4) is 0 Å². The smallest absolute Gasteiger partial charge is 0.312 e. The quantitative estimate of drug-likeness (QED) is 0.447. The van der Waals surface area contributed by atoms with Gasteiger partial charge in [-0.25, -0.2) is 10.8 Å². The molecule has 2 heterocycles. The number of piperazine rings is 1. The molecule has 0 bridgehead atoms. The molecule has 1 aromatic heterocycles. The number of hydrazine groups is 1. The highest BCUT2D eigenvalue weighted by Gasteiger charge is 2.31. The van der Waals surface area contributed by atoms with Crippen molar-refractivity contribution in [1.82, 2.24) is 14.8 Å². The van der Waals surface area contributed by atoms with Gasteiger partial charge in [0.2, 0.25) is 0 Å². The molecule has 20 heavy (non-hydrogen) atoms. The Balaban J connectivity index is 2.03. The Kier molecular flexibility index (Phi) is 4.52. The lowest BCUT2D eigenvalue weighted by Gasteiger charge is -2.33. The van der Waals surface area contributed by atoms with E-state index in [1.807, 2.05) is 6.92 Å². The van der Waals surface area contributed by atoms with Crippen LogP contribution in [0.4, 0.5) is 5.82 Å². The fourth-order valence-corrected chi connectivity index (χ4v) is 2.19. The van der Waals surface area contributed by atoms with Crippen LogP contribution in [-0.2, 0) is 16.1 Å². The van der Waals surface area contributed by atoms with Crippen molar-refractivity contribution in [1.29, 1.82) is 0 Å². The number of nitrogens with one attached hydrogen (secondary N) is 1. The Bertz CT molecular complexity index is 505. The van der Waals surface area contributed by atoms with Crippen molar-refractivity contribution in [3.05, 3.63) is 23.9 Å². The summed E-state index contributed by atoms with van der Waals surface area (Å²) in [6, 6.07) is 5.34. The third-order valence-corrected chi connectivity index (χ3v) is 3.20. The zero-order chi connectivity index (χ0) is 14.5. The first-order valence-corrected chi connectivity index (χ1v) is 6.66. The molecule has 1 aliphatic rings. The summed E-state index contributed by atoms with van der Waals surface area (Å²) in [5.74, 6) is 4.95. The highest BCUT2D eigenvalue weighted by Crippen LogP contribution is 2.11. The Hall–Kier alpha value is -2.15. The van der Waals surface area contributed by atoms with Crippen LogP contribution in [-0.4, -0.2) is 46.2 Å². The number of pyridine rings is 1. The van der Waals surface area contributed by atoms with Gasteiger partial charge in [-0.05, 0) is 18.6 Å². The van der Waals surface area contributed by atoms with Crippen LogP contribution in [0.5, 0.6) is 0 Å². The molecule has 1 fully saturated rings. The number of hydrogen-bond donors (Lipinski definition) is 2. The van der Waals surface area contributed by atoms with Crippen LogP contribution in [0.15, 0.2) is 18.2 Å². The summed E-state index contributed by atoms with van der Waals surface area (Å²) in [5, 5.41) is 0. The molecule has 2 amide bonds. The van der Waals surface area contributed by atoms with E-state index in [1.165, 1.54) is 4.90 Å². The molecule has 0 aliphatic carbocycles. The van der Waals surface area contributed by atoms with E-state index in [-0.39, 0.29) is 0 Å². The van der Waals surface area contributed by atoms with E-state index in [4.69, 9.17) is 5.84 Å². The Morgan fingerprint density at radius 3 is 2.65 bits per heavy atom. The van der Waals surface area contributed by atoms with Crippen LogP contribution >= 0.6 is 0 Å². The number of carbonyl (C=O) groups is 2. The molecule has 0 aromatic carbocycles. The lowest BCUT2D eigenvalue weighted by Crippen LogP contribution is -2.54. The largest absolute Gasteiger partial charge is 0.333 e. The van der Waals surface area contributed by atoms with Crippen LogP contribution in [0, 0.1) is 0 Å². The van der Waals surface area contributed by atoms with Crippen molar-refractivity contribution in [2.75, 3.05) is 25.1 Å². The van der Waals surface area contributed by atoms with Gasteiger partial charge in [-0.15, -0.1) is 0 Å². The molecular weight excluding hydrogens is 258 g/mol. The normalized spacial score (nSPS) is 15.7. The first-order valence-electron chi connectivity index (χ1n) is 6.66. The Labute approximate surface area is 117 Å². The van der Waals surface area contributed by atoms with Gasteiger partial charge in [0.1, 0.15) is 5.82 Å². The number of carbonyl (C=O) groups excluding carboxylic acids is 2. The summed E-state index contributed by atoms with van der Waals surface area (Å²) in [4.78, 5) is 31.3. The number of nitrogens with two attached hydrogens (primary N) is 1. The molecular formula is C13H19N5O2. The molecule has 3 N–H and O–H groups in total. The van der Waals surface area contributed by atoms with Gasteiger partial charge in [0.05, 0.1) is 12.2 Å². The first kappa shape index (κ1) is 14.3. The molecule has 1 aromatic rings. The number of amides is 2. The third kappa shape index (κ3) is 3.05. The molecule has 7 nitrogen and oxygen atoms in total. The molecule has 108 valence electrons. The van der Waals surface area contributed by atoms with Crippen LogP contribution in [0.1, 0.15) is 19.0 Å². The summed E-state index contributed by atoms with van der Waals surface area (Å²) in [5.41, 5.74) is 3.16. The minimum Gasteiger partial charge on any atom is -0.333 e. The molecule has 2 rings (SSSR count). The zero-order valence-electron chi connectivity index (χ0n) is 11.5. The van der Waals surface area contributed by atoms with Gasteiger partial charge >= 0.3 is 11.8 Å². The molecule has 0 unspecified atom stereocenters. The predicted octanol–water partition coefficient (Wildman–Crippen LogP) is -0.0520. The maximum atomic E-state index is 12.0. The van der Waals surface area contributed by atoms with E-state index in [2.05, 4.69) is 10.4 Å². The average Bonchev–Trinajstić information content (AvgIpc) is 2.47. The van der Waals surface area contributed by atoms with Gasteiger partial charge in [-0.2, -0.15) is 0 Å². The Morgan fingerprint density at radius 1 is 1.25 bits per heavy atom. The van der Waals surface area contributed by atoms with Crippen molar-refractivity contribution in [3.63, 3.8) is 0 Å². The zero-order valence-corrected chi connectivity index (χ0v) is 11.5. The van der Waals surface area contributed by atoms with Gasteiger partial charge in [0.15, 0.2) is 0 Å². The highest BCUT2D eigenvalue weighted by atomic mass is 16.2. The van der Waals surface area contributed by atoms with Crippen LogP contribution in [0.2, 0.25) is 0 Å². The number of anilines is 1. The lowest BCUT2D eigenvalue weighted by molar-refractivity contribution is -0.156. The second-order valence-electron chi connectivity index (χ2n) is 4.68. The van der Waals surface area contributed by atoms with Crippen LogP contribution in [0.3, 0.4) is 0 Å². The summed E-state index contributed by atoms with van der Waals surface area (Å²) in [7, 11) is 0. The number of aromatic nitrogens is 1. The SMILES string of the molecule is CCCN1CCN(Cc2cccc(NN)n2)C(=O)C1=O. The lowest BCUT2D eigenvalue weighted by atomic mass is 10.2. The summed E-state index contributed by atoms with van der Waals surface area (Å²) >= 11 is 0. The van der Waals surface area contributed by atoms with Gasteiger partial charge in [-0.3, -0.25) is 9.59 Å². The second-order valence-corrected chi connectivity index (χ2v) is 4.68. The maximum absolute atomic E-state index is 12.0. The van der Waals surface area contributed by atoms with Crippen molar-refractivity contribution in [2.24, 2.45) is 5.84 Å². The van der Waals surface area contributed by atoms with Gasteiger partial charge in [-0.1, -0.05) is 13.0 Å². The number of nitrogen functional groups attached to an aromatic ring is 1. The molecule has 0 atom stereocenters. The second kappa shape index (κ2) is 6.33. The average molecular weight is 277 g/mol. The number of nitrogens with zero attached hydrogens (tertiary/aromatic N) is 3. The predicted molar refractivity (Wildman–Crippen MR) is 74.3 cm³/mol. The minimum atomic E-state index is -0.461. The molecule has 0 radical (unpaired) electrons. The molecule has 7 heteroatoms. The van der Waals surface area contributed by atoms with E-state index in [1.54, 1.807) is 23.1 Å². The summed E-state index contributed by atoms with van der Waals surface area (Å²) < 4.78 is 0. The maximum Gasteiger partial charge on any atom is 0.312 e. The molecule has 1 saturated heterocycles. The first-order chi connectivity index (χ1) is 9.65. The Morgan fingerprint density at radius 2 is 1.95 bits per heavy atom. The van der Waals surface area contributed by atoms with Crippen LogP contribution < -0.4 is 11.3 Å². The summed E-state index contributed by atoms with van der Waals surface area (Å²) in [6.07, 6.45) is 0.852. The van der Waals surface area contributed by atoms with E-state index in [9.17, 15) is 9.59 Å². The highest BCUT2D eigenvalue weighted by molar-refractivity contribution is 6.35. The van der Waals surface area contributed by atoms with Crippen molar-refractivity contribution < 1.29 is 9.59 Å². The molecule has 1 aliphatic heterocycles. The monoisotopic (exact) mass is 277 g/mol. The van der Waals surface area contributed by atoms with Crippen LogP contribution in [0.25, 0.3) is 0 Å². The standard InChI is InChI=1S/C13H19N5O2/c1-2-6-17-7-8-18(13(20)12(17)19)9-10-4-3-5-11(15-10)16-14/h3-5H,2,6-9,14H2,1H3,(H,15,16). The number of rotatable bonds is 5. The molecule has 0 saturated carbocycles. The topological polar surface area (TPSA) is 91.6 Å². The van der Waals surface area contributed by atoms with Gasteiger partial charge < -0.3 is 15.2 Å². The van der Waals surface area contributed by atoms with Gasteiger partial charge in [0, 0.05) is 19.6 Å². The fourth-order valence-electron chi connectivity index (χ4n) is 2.19. The minimum absolute atomic E-state index is 0.320. The third-order valence-electron chi connectivity index (χ3n) is 3.20.